The highest BCUT2D eigenvalue weighted by Gasteiger charge is 2.28. The first-order chi connectivity index (χ1) is 10.6. The summed E-state index contributed by atoms with van der Waals surface area (Å²) in [5.41, 5.74) is 7.57. The van der Waals surface area contributed by atoms with Gasteiger partial charge in [0.05, 0.1) is 29.6 Å². The summed E-state index contributed by atoms with van der Waals surface area (Å²) in [5.74, 6) is 0.0521. The van der Waals surface area contributed by atoms with Crippen LogP contribution in [-0.4, -0.2) is 38.3 Å². The molecule has 1 aromatic rings. The Morgan fingerprint density at radius 2 is 2.09 bits per heavy atom. The first-order valence-corrected chi connectivity index (χ1v) is 8.20. The van der Waals surface area contributed by atoms with Gasteiger partial charge in [0.2, 0.25) is 5.91 Å². The second-order valence-corrected chi connectivity index (χ2v) is 6.40. The summed E-state index contributed by atoms with van der Waals surface area (Å²) in [5, 5.41) is 3.71. The lowest BCUT2D eigenvalue weighted by molar-refractivity contribution is -0.119. The zero-order valence-corrected chi connectivity index (χ0v) is 13.3. The summed E-state index contributed by atoms with van der Waals surface area (Å²) in [4.78, 5) is 14.6. The van der Waals surface area contributed by atoms with Crippen LogP contribution in [0.5, 0.6) is 0 Å². The van der Waals surface area contributed by atoms with Gasteiger partial charge < -0.3 is 20.7 Å². The Balaban J connectivity index is 1.78. The average Bonchev–Trinajstić information content (AvgIpc) is 2.95. The van der Waals surface area contributed by atoms with Crippen molar-refractivity contribution in [1.82, 2.24) is 0 Å². The van der Waals surface area contributed by atoms with Crippen LogP contribution in [0.2, 0.25) is 5.02 Å². The summed E-state index contributed by atoms with van der Waals surface area (Å²) in [6, 6.07) is 5.77. The Labute approximate surface area is 135 Å². The van der Waals surface area contributed by atoms with Crippen molar-refractivity contribution in [3.63, 3.8) is 0 Å². The van der Waals surface area contributed by atoms with E-state index in [0.717, 1.165) is 43.7 Å². The van der Waals surface area contributed by atoms with Crippen LogP contribution in [0.3, 0.4) is 0 Å². The highest BCUT2D eigenvalue weighted by atomic mass is 35.5. The monoisotopic (exact) mass is 323 g/mol. The van der Waals surface area contributed by atoms with Gasteiger partial charge in [0.1, 0.15) is 0 Å². The molecule has 1 heterocycles. The van der Waals surface area contributed by atoms with Crippen molar-refractivity contribution in [2.24, 2.45) is 11.7 Å². The van der Waals surface area contributed by atoms with Gasteiger partial charge in [0.25, 0.3) is 0 Å². The molecule has 1 aromatic carbocycles. The molecular formula is C16H22ClN3O2. The minimum atomic E-state index is 0.00604. The van der Waals surface area contributed by atoms with Gasteiger partial charge in [-0.3, -0.25) is 4.79 Å². The molecule has 1 amide bonds. The van der Waals surface area contributed by atoms with Crippen LogP contribution < -0.4 is 16.0 Å². The maximum absolute atomic E-state index is 12.5. The van der Waals surface area contributed by atoms with Gasteiger partial charge in [-0.05, 0) is 31.4 Å². The Bertz CT molecular complexity index is 546. The molecule has 2 fully saturated rings. The highest BCUT2D eigenvalue weighted by Crippen LogP contribution is 2.35. The zero-order chi connectivity index (χ0) is 15.5. The molecule has 3 rings (SSSR count). The summed E-state index contributed by atoms with van der Waals surface area (Å²) >= 11 is 6.38. The lowest BCUT2D eigenvalue weighted by Crippen LogP contribution is -2.37. The minimum Gasteiger partial charge on any atom is -0.378 e. The van der Waals surface area contributed by atoms with Gasteiger partial charge in [0.15, 0.2) is 0 Å². The van der Waals surface area contributed by atoms with E-state index in [4.69, 9.17) is 22.1 Å². The number of ether oxygens (including phenoxy) is 1. The number of hydrogen-bond acceptors (Lipinski definition) is 4. The zero-order valence-electron chi connectivity index (χ0n) is 12.6. The maximum atomic E-state index is 12.5. The molecule has 1 aliphatic carbocycles. The molecular weight excluding hydrogens is 302 g/mol. The van der Waals surface area contributed by atoms with Gasteiger partial charge >= 0.3 is 0 Å². The van der Waals surface area contributed by atoms with Gasteiger partial charge in [-0.25, -0.2) is 0 Å². The van der Waals surface area contributed by atoms with Crippen molar-refractivity contribution in [3.8, 4) is 0 Å². The van der Waals surface area contributed by atoms with E-state index in [2.05, 4.69) is 10.2 Å². The highest BCUT2D eigenvalue weighted by molar-refractivity contribution is 6.34. The van der Waals surface area contributed by atoms with Crippen LogP contribution in [0.15, 0.2) is 18.2 Å². The van der Waals surface area contributed by atoms with Crippen molar-refractivity contribution >= 4 is 28.9 Å². The van der Waals surface area contributed by atoms with E-state index >= 15 is 0 Å². The Kier molecular flexibility index (Phi) is 4.86. The van der Waals surface area contributed by atoms with E-state index in [0.29, 0.717) is 18.2 Å². The van der Waals surface area contributed by atoms with Crippen LogP contribution in [0.4, 0.5) is 11.4 Å². The minimum absolute atomic E-state index is 0.00604. The topological polar surface area (TPSA) is 67.6 Å². The number of para-hydroxylation sites is 1. The summed E-state index contributed by atoms with van der Waals surface area (Å²) in [6.07, 6.45) is 2.55. The molecule has 0 bridgehead atoms. The molecule has 22 heavy (non-hydrogen) atoms. The van der Waals surface area contributed by atoms with E-state index in [1.54, 1.807) is 0 Å². The fourth-order valence-corrected chi connectivity index (χ4v) is 3.51. The van der Waals surface area contributed by atoms with Gasteiger partial charge in [-0.2, -0.15) is 0 Å². The fraction of sp³-hybridized carbons (Fsp3) is 0.562. The number of nitrogens with zero attached hydrogens (tertiary/aromatic N) is 1. The third kappa shape index (κ3) is 3.37. The molecule has 0 radical (unpaired) electrons. The SMILES string of the molecule is NC1CCC(C(=O)Nc2cccc(Cl)c2N2CCOCC2)C1. The van der Waals surface area contributed by atoms with Gasteiger partial charge in [-0.15, -0.1) is 0 Å². The summed E-state index contributed by atoms with van der Waals surface area (Å²) in [7, 11) is 0. The van der Waals surface area contributed by atoms with Crippen molar-refractivity contribution in [2.75, 3.05) is 36.5 Å². The van der Waals surface area contributed by atoms with E-state index in [1.165, 1.54) is 0 Å². The predicted molar refractivity (Wildman–Crippen MR) is 88.4 cm³/mol. The predicted octanol–water partition coefficient (Wildman–Crippen LogP) is 2.24. The molecule has 2 atom stereocenters. The third-order valence-corrected chi connectivity index (χ3v) is 4.72. The largest absolute Gasteiger partial charge is 0.378 e. The summed E-state index contributed by atoms with van der Waals surface area (Å²) in [6.45, 7) is 2.91. The molecule has 0 spiro atoms. The van der Waals surface area contributed by atoms with Crippen molar-refractivity contribution < 1.29 is 9.53 Å². The molecule has 1 aliphatic heterocycles. The Hall–Kier alpha value is -1.30. The van der Waals surface area contributed by atoms with Crippen LogP contribution in [0.25, 0.3) is 0 Å². The lowest BCUT2D eigenvalue weighted by Gasteiger charge is -2.31. The number of rotatable bonds is 3. The molecule has 5 nitrogen and oxygen atoms in total. The molecule has 3 N–H and O–H groups in total. The van der Waals surface area contributed by atoms with Gasteiger partial charge in [-0.1, -0.05) is 17.7 Å². The Morgan fingerprint density at radius 3 is 2.77 bits per heavy atom. The quantitative estimate of drug-likeness (QED) is 0.895. The van der Waals surface area contributed by atoms with Gasteiger partial charge in [0, 0.05) is 25.0 Å². The molecule has 120 valence electrons. The average molecular weight is 324 g/mol. The van der Waals surface area contributed by atoms with Crippen molar-refractivity contribution in [3.05, 3.63) is 23.2 Å². The van der Waals surface area contributed by atoms with E-state index in [9.17, 15) is 4.79 Å². The second-order valence-electron chi connectivity index (χ2n) is 5.99. The number of morpholine rings is 1. The number of anilines is 2. The van der Waals surface area contributed by atoms with Crippen LogP contribution in [-0.2, 0) is 9.53 Å². The third-order valence-electron chi connectivity index (χ3n) is 4.42. The van der Waals surface area contributed by atoms with Crippen LogP contribution >= 0.6 is 11.6 Å². The standard InChI is InChI=1S/C16H22ClN3O2/c17-13-2-1-3-14(15(13)20-6-8-22-9-7-20)19-16(21)11-4-5-12(18)10-11/h1-3,11-12H,4-10,18H2,(H,19,21). The number of carbonyl (C=O) groups excluding carboxylic acids is 1. The van der Waals surface area contributed by atoms with E-state index in [-0.39, 0.29) is 17.9 Å². The molecule has 0 aromatic heterocycles. The summed E-state index contributed by atoms with van der Waals surface area (Å²) < 4.78 is 5.39. The number of hydrogen-bond donors (Lipinski definition) is 2. The van der Waals surface area contributed by atoms with Crippen LogP contribution in [0.1, 0.15) is 19.3 Å². The van der Waals surface area contributed by atoms with Crippen molar-refractivity contribution in [1.29, 1.82) is 0 Å². The normalized spacial score (nSPS) is 25.3. The van der Waals surface area contributed by atoms with Crippen LogP contribution in [0, 0.1) is 5.92 Å². The molecule has 2 unspecified atom stereocenters. The lowest BCUT2D eigenvalue weighted by atomic mass is 10.1. The second kappa shape index (κ2) is 6.86. The molecule has 1 saturated carbocycles. The fourth-order valence-electron chi connectivity index (χ4n) is 3.21. The number of nitrogens with two attached hydrogens (primary N) is 1. The number of nitrogens with one attached hydrogen (secondary N) is 1. The maximum Gasteiger partial charge on any atom is 0.227 e. The van der Waals surface area contributed by atoms with E-state index in [1.807, 2.05) is 18.2 Å². The first-order valence-electron chi connectivity index (χ1n) is 7.83. The number of amides is 1. The number of benzene rings is 1. The van der Waals surface area contributed by atoms with Crippen molar-refractivity contribution in [2.45, 2.75) is 25.3 Å². The molecule has 2 aliphatic rings. The number of carbonyl (C=O) groups is 1. The first kappa shape index (κ1) is 15.6. The smallest absolute Gasteiger partial charge is 0.227 e. The number of halogens is 1. The van der Waals surface area contributed by atoms with E-state index < -0.39 is 0 Å². The Morgan fingerprint density at radius 1 is 1.32 bits per heavy atom. The molecule has 1 saturated heterocycles. The molecule has 6 heteroatoms.